The van der Waals surface area contributed by atoms with Gasteiger partial charge < -0.3 is 19.9 Å². The Bertz CT molecular complexity index is 369. The van der Waals surface area contributed by atoms with E-state index in [4.69, 9.17) is 9.47 Å². The molecule has 2 aliphatic rings. The topological polar surface area (TPSA) is 84.9 Å². The molecule has 1 aliphatic heterocycles. The fourth-order valence-electron chi connectivity index (χ4n) is 2.71. The van der Waals surface area contributed by atoms with Crippen LogP contribution < -0.4 is 5.32 Å². The number of nitrogens with one attached hydrogen (secondary N) is 1. The van der Waals surface area contributed by atoms with Crippen LogP contribution >= 0.6 is 0 Å². The number of rotatable bonds is 4. The van der Waals surface area contributed by atoms with E-state index in [-0.39, 0.29) is 18.6 Å². The number of fused-ring (bicyclic) bond motifs is 1. The molecular formula is C12H17NO5. The number of alkyl carbamates (subject to hydrolysis) is 1. The summed E-state index contributed by atoms with van der Waals surface area (Å²) in [6.45, 7) is 4.15. The summed E-state index contributed by atoms with van der Waals surface area (Å²) >= 11 is 0. The minimum atomic E-state index is -1.23. The second-order valence-corrected chi connectivity index (χ2v) is 4.65. The molecule has 0 radical (unpaired) electrons. The first-order valence-electron chi connectivity index (χ1n) is 6.01. The van der Waals surface area contributed by atoms with Gasteiger partial charge in [-0.25, -0.2) is 9.59 Å². The summed E-state index contributed by atoms with van der Waals surface area (Å²) < 4.78 is 10.3. The predicted octanol–water partition coefficient (Wildman–Crippen LogP) is 0.921. The highest BCUT2D eigenvalue weighted by Crippen LogP contribution is 2.46. The van der Waals surface area contributed by atoms with Crippen LogP contribution in [0, 0.1) is 5.92 Å². The van der Waals surface area contributed by atoms with Crippen molar-refractivity contribution < 1.29 is 24.2 Å². The van der Waals surface area contributed by atoms with Crippen molar-refractivity contribution in [2.75, 3.05) is 13.2 Å². The van der Waals surface area contributed by atoms with Gasteiger partial charge in [0.05, 0.1) is 6.10 Å². The normalized spacial score (nSPS) is 33.8. The summed E-state index contributed by atoms with van der Waals surface area (Å²) in [6.07, 6.45) is 2.52. The number of carboxylic acid groups (broad SMARTS) is 1. The standard InChI is InChI=1S/C12H17NO5/c1-2-5-18-11(16)13-12(10(14)15)7-9-8(12)4-3-6-17-9/h2,8-9H,1,3-7H2,(H,13,16)(H,14,15)/t8-,9-,12+/m1/s1. The number of carbonyl (C=O) groups excluding carboxylic acids is 1. The number of amides is 1. The van der Waals surface area contributed by atoms with Crippen molar-refractivity contribution in [3.63, 3.8) is 0 Å². The van der Waals surface area contributed by atoms with Crippen LogP contribution in [0.3, 0.4) is 0 Å². The first kappa shape index (κ1) is 12.9. The fraction of sp³-hybridized carbons (Fsp3) is 0.667. The SMILES string of the molecule is C=CCOC(=O)N[C@@]1(C(=O)O)C[C@H]2OCCC[C@H]21. The molecule has 1 heterocycles. The molecule has 2 fully saturated rings. The van der Waals surface area contributed by atoms with Crippen LogP contribution in [-0.2, 0) is 14.3 Å². The summed E-state index contributed by atoms with van der Waals surface area (Å²) in [4.78, 5) is 22.9. The van der Waals surface area contributed by atoms with Gasteiger partial charge in [-0.3, -0.25) is 0 Å². The molecule has 18 heavy (non-hydrogen) atoms. The molecule has 0 unspecified atom stereocenters. The molecule has 2 N–H and O–H groups in total. The maximum atomic E-state index is 11.5. The molecule has 0 aromatic rings. The Morgan fingerprint density at radius 3 is 3.00 bits per heavy atom. The second kappa shape index (κ2) is 4.97. The Labute approximate surface area is 105 Å². The summed E-state index contributed by atoms with van der Waals surface area (Å²) in [5.41, 5.74) is -1.23. The molecule has 2 rings (SSSR count). The average molecular weight is 255 g/mol. The Morgan fingerprint density at radius 2 is 2.39 bits per heavy atom. The summed E-state index contributed by atoms with van der Waals surface area (Å²) in [6, 6.07) is 0. The molecule has 1 saturated heterocycles. The van der Waals surface area contributed by atoms with E-state index in [0.717, 1.165) is 12.8 Å². The van der Waals surface area contributed by atoms with Gasteiger partial charge in [-0.1, -0.05) is 12.7 Å². The van der Waals surface area contributed by atoms with Crippen LogP contribution in [0.25, 0.3) is 0 Å². The van der Waals surface area contributed by atoms with Gasteiger partial charge in [-0.05, 0) is 12.8 Å². The van der Waals surface area contributed by atoms with E-state index in [1.54, 1.807) is 0 Å². The second-order valence-electron chi connectivity index (χ2n) is 4.65. The van der Waals surface area contributed by atoms with E-state index in [1.807, 2.05) is 0 Å². The zero-order chi connectivity index (χ0) is 13.2. The third kappa shape index (κ3) is 2.08. The molecule has 6 heteroatoms. The Hall–Kier alpha value is -1.56. The van der Waals surface area contributed by atoms with Crippen molar-refractivity contribution in [3.05, 3.63) is 12.7 Å². The molecule has 0 aromatic heterocycles. The van der Waals surface area contributed by atoms with Crippen molar-refractivity contribution in [2.45, 2.75) is 30.9 Å². The highest BCUT2D eigenvalue weighted by atomic mass is 16.5. The van der Waals surface area contributed by atoms with Gasteiger partial charge in [0.15, 0.2) is 0 Å². The molecule has 0 bridgehead atoms. The van der Waals surface area contributed by atoms with E-state index in [9.17, 15) is 14.7 Å². The van der Waals surface area contributed by atoms with Gasteiger partial charge in [-0.15, -0.1) is 0 Å². The lowest BCUT2D eigenvalue weighted by Gasteiger charge is -2.53. The van der Waals surface area contributed by atoms with Crippen molar-refractivity contribution in [2.24, 2.45) is 5.92 Å². The first-order chi connectivity index (χ1) is 8.60. The van der Waals surface area contributed by atoms with Gasteiger partial charge in [0.25, 0.3) is 0 Å². The van der Waals surface area contributed by atoms with E-state index in [1.165, 1.54) is 6.08 Å². The number of hydrogen-bond donors (Lipinski definition) is 2. The van der Waals surface area contributed by atoms with E-state index in [0.29, 0.717) is 13.0 Å². The van der Waals surface area contributed by atoms with Crippen LogP contribution in [0.2, 0.25) is 0 Å². The maximum absolute atomic E-state index is 11.5. The number of carboxylic acids is 1. The maximum Gasteiger partial charge on any atom is 0.408 e. The summed E-state index contributed by atoms with van der Waals surface area (Å²) in [5, 5.41) is 11.8. The monoisotopic (exact) mass is 255 g/mol. The van der Waals surface area contributed by atoms with Crippen molar-refractivity contribution in [1.82, 2.24) is 5.32 Å². The summed E-state index contributed by atoms with van der Waals surface area (Å²) in [5.74, 6) is -1.19. The minimum Gasteiger partial charge on any atom is -0.479 e. The largest absolute Gasteiger partial charge is 0.479 e. The van der Waals surface area contributed by atoms with E-state index < -0.39 is 17.6 Å². The van der Waals surface area contributed by atoms with Crippen LogP contribution in [0.4, 0.5) is 4.79 Å². The molecule has 3 atom stereocenters. The Balaban J connectivity index is 2.02. The molecule has 6 nitrogen and oxygen atoms in total. The zero-order valence-electron chi connectivity index (χ0n) is 10.1. The zero-order valence-corrected chi connectivity index (χ0v) is 10.1. The first-order valence-corrected chi connectivity index (χ1v) is 6.01. The van der Waals surface area contributed by atoms with Crippen LogP contribution in [-0.4, -0.2) is 42.0 Å². The number of aliphatic carboxylic acids is 1. The number of carbonyl (C=O) groups is 2. The smallest absolute Gasteiger partial charge is 0.408 e. The molecule has 1 saturated carbocycles. The van der Waals surface area contributed by atoms with Crippen LogP contribution in [0.15, 0.2) is 12.7 Å². The lowest BCUT2D eigenvalue weighted by atomic mass is 9.61. The van der Waals surface area contributed by atoms with Crippen LogP contribution in [0.5, 0.6) is 0 Å². The highest BCUT2D eigenvalue weighted by Gasteiger charge is 2.61. The minimum absolute atomic E-state index is 0.0606. The van der Waals surface area contributed by atoms with Gasteiger partial charge in [-0.2, -0.15) is 0 Å². The molecule has 0 aromatic carbocycles. The number of ether oxygens (including phenoxy) is 2. The molecule has 1 aliphatic carbocycles. The summed E-state index contributed by atoms with van der Waals surface area (Å²) in [7, 11) is 0. The lowest BCUT2D eigenvalue weighted by Crippen LogP contribution is -2.72. The quantitative estimate of drug-likeness (QED) is 0.730. The van der Waals surface area contributed by atoms with Crippen molar-refractivity contribution in [1.29, 1.82) is 0 Å². The lowest BCUT2D eigenvalue weighted by molar-refractivity contribution is -0.180. The fourth-order valence-corrected chi connectivity index (χ4v) is 2.71. The van der Waals surface area contributed by atoms with E-state index >= 15 is 0 Å². The van der Waals surface area contributed by atoms with Gasteiger partial charge in [0.2, 0.25) is 0 Å². The van der Waals surface area contributed by atoms with E-state index in [2.05, 4.69) is 11.9 Å². The highest BCUT2D eigenvalue weighted by molar-refractivity contribution is 5.86. The molecule has 1 amide bonds. The molecular weight excluding hydrogens is 238 g/mol. The molecule has 0 spiro atoms. The van der Waals surface area contributed by atoms with Crippen LogP contribution in [0.1, 0.15) is 19.3 Å². The van der Waals surface area contributed by atoms with Gasteiger partial charge in [0.1, 0.15) is 12.1 Å². The molecule has 100 valence electrons. The van der Waals surface area contributed by atoms with Crippen molar-refractivity contribution in [3.8, 4) is 0 Å². The number of hydrogen-bond acceptors (Lipinski definition) is 4. The average Bonchev–Trinajstić information content (AvgIpc) is 2.33. The third-order valence-corrected chi connectivity index (χ3v) is 3.64. The van der Waals surface area contributed by atoms with Crippen molar-refractivity contribution >= 4 is 12.1 Å². The van der Waals surface area contributed by atoms with Gasteiger partial charge >= 0.3 is 12.1 Å². The third-order valence-electron chi connectivity index (χ3n) is 3.64. The Morgan fingerprint density at radius 1 is 1.61 bits per heavy atom. The Kier molecular flexibility index (Phi) is 3.56. The van der Waals surface area contributed by atoms with Gasteiger partial charge in [0, 0.05) is 18.9 Å². The predicted molar refractivity (Wildman–Crippen MR) is 62.1 cm³/mol.